The number of hydrogen-bond donors (Lipinski definition) is 3. The van der Waals surface area contributed by atoms with E-state index in [-0.39, 0.29) is 18.1 Å². The van der Waals surface area contributed by atoms with Gasteiger partial charge in [0.25, 0.3) is 5.91 Å². The van der Waals surface area contributed by atoms with Gasteiger partial charge in [-0.25, -0.2) is 0 Å². The van der Waals surface area contributed by atoms with Crippen molar-refractivity contribution >= 4 is 22.8 Å². The maximum absolute atomic E-state index is 12.0. The van der Waals surface area contributed by atoms with Crippen molar-refractivity contribution < 1.29 is 15.0 Å². The Balaban J connectivity index is 1.97. The van der Waals surface area contributed by atoms with E-state index in [1.165, 1.54) is 11.8 Å². The Morgan fingerprint density at radius 2 is 1.95 bits per heavy atom. The summed E-state index contributed by atoms with van der Waals surface area (Å²) in [6.45, 7) is 4.99. The Morgan fingerprint density at radius 3 is 2.42 bits per heavy atom. The topological polar surface area (TPSA) is 81.9 Å². The highest BCUT2D eigenvalue weighted by Crippen LogP contribution is 2.41. The SMILES string of the molecule is CC(C)(O)C1(C)SC(N[C@H]2CC[C@H](O)CC2)=NC1=O. The van der Waals surface area contributed by atoms with Gasteiger partial charge in [0, 0.05) is 6.04 Å². The molecule has 1 saturated carbocycles. The van der Waals surface area contributed by atoms with E-state index in [4.69, 9.17) is 0 Å². The molecule has 2 aliphatic rings. The van der Waals surface area contributed by atoms with Crippen molar-refractivity contribution in [3.63, 3.8) is 0 Å². The predicted molar refractivity (Wildman–Crippen MR) is 76.1 cm³/mol. The Bertz CT molecular complexity index is 397. The standard InChI is InChI=1S/C13H22N2O3S/c1-12(2,18)13(3)10(17)15-11(19-13)14-8-4-6-9(16)7-5-8/h8-9,16,18H,4-7H2,1-3H3,(H,14,15,17)/t8-,9-,13?. The average molecular weight is 286 g/mol. The van der Waals surface area contributed by atoms with Gasteiger partial charge in [-0.1, -0.05) is 11.8 Å². The van der Waals surface area contributed by atoms with E-state index in [0.717, 1.165) is 25.7 Å². The average Bonchev–Trinajstić information content (AvgIpc) is 2.58. The van der Waals surface area contributed by atoms with Crippen molar-refractivity contribution in [3.05, 3.63) is 0 Å². The second kappa shape index (κ2) is 5.07. The molecule has 1 atom stereocenters. The Kier molecular flexibility index (Phi) is 3.95. The van der Waals surface area contributed by atoms with Crippen LogP contribution in [-0.2, 0) is 4.79 Å². The summed E-state index contributed by atoms with van der Waals surface area (Å²) in [7, 11) is 0. The fourth-order valence-electron chi connectivity index (χ4n) is 2.30. The number of amides is 1. The third-order valence-electron chi connectivity index (χ3n) is 4.10. The molecule has 3 N–H and O–H groups in total. The van der Waals surface area contributed by atoms with Gasteiger partial charge in [-0.05, 0) is 46.5 Å². The van der Waals surface area contributed by atoms with Gasteiger partial charge in [0.1, 0.15) is 4.75 Å². The number of hydrogen-bond acceptors (Lipinski definition) is 5. The van der Waals surface area contributed by atoms with Gasteiger partial charge < -0.3 is 15.5 Å². The number of nitrogens with zero attached hydrogens (tertiary/aromatic N) is 1. The number of aliphatic hydroxyl groups excluding tert-OH is 1. The summed E-state index contributed by atoms with van der Waals surface area (Å²) in [6.07, 6.45) is 3.14. The highest BCUT2D eigenvalue weighted by molar-refractivity contribution is 8.16. The molecule has 5 nitrogen and oxygen atoms in total. The summed E-state index contributed by atoms with van der Waals surface area (Å²) in [5.74, 6) is -0.289. The van der Waals surface area contributed by atoms with Crippen LogP contribution >= 0.6 is 11.8 Å². The third-order valence-corrected chi connectivity index (χ3v) is 5.59. The normalized spacial score (nSPS) is 36.3. The van der Waals surface area contributed by atoms with Gasteiger partial charge in [0.05, 0.1) is 11.7 Å². The lowest BCUT2D eigenvalue weighted by atomic mass is 9.91. The first-order valence-electron chi connectivity index (χ1n) is 6.71. The fourth-order valence-corrected chi connectivity index (χ4v) is 3.43. The molecule has 0 aromatic heterocycles. The number of rotatable bonds is 2. The van der Waals surface area contributed by atoms with Crippen LogP contribution in [0.4, 0.5) is 0 Å². The number of thioether (sulfide) groups is 1. The molecular formula is C13H22N2O3S. The predicted octanol–water partition coefficient (Wildman–Crippen LogP) is 1.04. The van der Waals surface area contributed by atoms with Crippen LogP contribution in [0.15, 0.2) is 4.99 Å². The number of aliphatic imine (C=N–C) groups is 1. The van der Waals surface area contributed by atoms with Crippen molar-refractivity contribution in [1.29, 1.82) is 0 Å². The number of carbonyl (C=O) groups is 1. The van der Waals surface area contributed by atoms with Crippen LogP contribution in [-0.4, -0.2) is 43.8 Å². The first-order valence-corrected chi connectivity index (χ1v) is 7.53. The van der Waals surface area contributed by atoms with Crippen LogP contribution in [0, 0.1) is 0 Å². The zero-order valence-electron chi connectivity index (χ0n) is 11.6. The zero-order valence-corrected chi connectivity index (χ0v) is 12.5. The molecule has 6 heteroatoms. The largest absolute Gasteiger partial charge is 0.393 e. The van der Waals surface area contributed by atoms with Crippen LogP contribution in [0.25, 0.3) is 0 Å². The maximum atomic E-state index is 12.0. The van der Waals surface area contributed by atoms with Crippen LogP contribution in [0.3, 0.4) is 0 Å². The minimum Gasteiger partial charge on any atom is -0.393 e. The molecule has 0 spiro atoms. The van der Waals surface area contributed by atoms with Gasteiger partial charge in [-0.15, -0.1) is 0 Å². The van der Waals surface area contributed by atoms with E-state index in [0.29, 0.717) is 5.17 Å². The summed E-state index contributed by atoms with van der Waals surface area (Å²) < 4.78 is -0.927. The van der Waals surface area contributed by atoms with E-state index in [2.05, 4.69) is 10.3 Å². The lowest BCUT2D eigenvalue weighted by molar-refractivity contribution is -0.124. The van der Waals surface area contributed by atoms with Crippen molar-refractivity contribution in [2.45, 2.75) is 68.9 Å². The van der Waals surface area contributed by atoms with Gasteiger partial charge in [0.2, 0.25) is 0 Å². The molecule has 1 unspecified atom stereocenters. The fraction of sp³-hybridized carbons (Fsp3) is 0.846. The molecule has 108 valence electrons. The van der Waals surface area contributed by atoms with E-state index >= 15 is 0 Å². The second-order valence-corrected chi connectivity index (χ2v) is 7.47. The van der Waals surface area contributed by atoms with E-state index in [1.807, 2.05) is 0 Å². The van der Waals surface area contributed by atoms with E-state index in [9.17, 15) is 15.0 Å². The number of nitrogens with one attached hydrogen (secondary N) is 1. The van der Waals surface area contributed by atoms with Crippen molar-refractivity contribution in [2.75, 3.05) is 0 Å². The Labute approximate surface area is 117 Å². The van der Waals surface area contributed by atoms with Crippen LogP contribution in [0.5, 0.6) is 0 Å². The molecule has 2 rings (SSSR count). The molecule has 1 amide bonds. The molecule has 0 bridgehead atoms. The lowest BCUT2D eigenvalue weighted by Gasteiger charge is -2.33. The summed E-state index contributed by atoms with van der Waals surface area (Å²) in [4.78, 5) is 16.0. The molecule has 0 aromatic rings. The molecule has 0 saturated heterocycles. The smallest absolute Gasteiger partial charge is 0.267 e. The van der Waals surface area contributed by atoms with Gasteiger partial charge in [-0.3, -0.25) is 4.79 Å². The monoisotopic (exact) mass is 286 g/mol. The Hall–Kier alpha value is -0.590. The zero-order chi connectivity index (χ0) is 14.3. The van der Waals surface area contributed by atoms with Crippen molar-refractivity contribution in [2.24, 2.45) is 4.99 Å². The number of carbonyl (C=O) groups excluding carboxylic acids is 1. The molecule has 1 aliphatic heterocycles. The maximum Gasteiger partial charge on any atom is 0.267 e. The minimum atomic E-state index is -1.12. The quantitative estimate of drug-likeness (QED) is 0.706. The highest BCUT2D eigenvalue weighted by atomic mass is 32.2. The van der Waals surface area contributed by atoms with Crippen molar-refractivity contribution in [1.82, 2.24) is 5.32 Å². The summed E-state index contributed by atoms with van der Waals surface area (Å²) in [5.41, 5.74) is -1.12. The number of aliphatic hydroxyl groups is 2. The first kappa shape index (κ1) is 14.8. The van der Waals surface area contributed by atoms with Crippen LogP contribution in [0.2, 0.25) is 0 Å². The Morgan fingerprint density at radius 1 is 1.37 bits per heavy atom. The van der Waals surface area contributed by atoms with Crippen molar-refractivity contribution in [3.8, 4) is 0 Å². The summed E-state index contributed by atoms with van der Waals surface area (Å²) in [6, 6.07) is 0.256. The van der Waals surface area contributed by atoms with Gasteiger partial charge in [-0.2, -0.15) is 4.99 Å². The summed E-state index contributed by atoms with van der Waals surface area (Å²) >= 11 is 1.30. The minimum absolute atomic E-state index is 0.195. The molecule has 19 heavy (non-hydrogen) atoms. The van der Waals surface area contributed by atoms with Gasteiger partial charge in [0.15, 0.2) is 5.17 Å². The van der Waals surface area contributed by atoms with E-state index < -0.39 is 10.3 Å². The molecule has 1 heterocycles. The number of amidine groups is 1. The molecular weight excluding hydrogens is 264 g/mol. The van der Waals surface area contributed by atoms with Gasteiger partial charge >= 0.3 is 0 Å². The van der Waals surface area contributed by atoms with Crippen LogP contribution in [0.1, 0.15) is 46.5 Å². The second-order valence-electron chi connectivity index (χ2n) is 6.07. The van der Waals surface area contributed by atoms with E-state index in [1.54, 1.807) is 20.8 Å². The first-order chi connectivity index (χ1) is 8.72. The van der Waals surface area contributed by atoms with Crippen LogP contribution < -0.4 is 5.32 Å². The third kappa shape index (κ3) is 2.95. The molecule has 1 aliphatic carbocycles. The highest BCUT2D eigenvalue weighted by Gasteiger charge is 2.52. The summed E-state index contributed by atoms with van der Waals surface area (Å²) in [5, 5.41) is 23.5. The lowest BCUT2D eigenvalue weighted by Crippen LogP contribution is -2.49. The molecule has 0 aromatic carbocycles. The molecule has 1 fully saturated rings. The molecule has 0 radical (unpaired) electrons.